The number of thiophene rings is 1. The van der Waals surface area contributed by atoms with Crippen molar-refractivity contribution in [2.75, 3.05) is 0 Å². The van der Waals surface area contributed by atoms with Crippen molar-refractivity contribution in [3.8, 4) is 10.4 Å². The smallest absolute Gasteiger partial charge is 0.270 e. The number of nitrogens with zero attached hydrogens (tertiary/aromatic N) is 1. The molecule has 0 fully saturated rings. The average Bonchev–Trinajstić information content (AvgIpc) is 2.77. The number of benzene rings is 1. The number of rotatable bonds is 3. The Labute approximate surface area is 96.5 Å². The van der Waals surface area contributed by atoms with Crippen LogP contribution in [0.15, 0.2) is 36.4 Å². The highest BCUT2D eigenvalue weighted by Crippen LogP contribution is 2.29. The molecule has 16 heavy (non-hydrogen) atoms. The van der Waals surface area contributed by atoms with Crippen LogP contribution < -0.4 is 5.73 Å². The summed E-state index contributed by atoms with van der Waals surface area (Å²) in [5.41, 5.74) is 6.49. The minimum Gasteiger partial charge on any atom is -0.326 e. The van der Waals surface area contributed by atoms with Crippen molar-refractivity contribution in [1.82, 2.24) is 0 Å². The molecule has 0 aliphatic rings. The van der Waals surface area contributed by atoms with Crippen LogP contribution in [-0.2, 0) is 6.54 Å². The lowest BCUT2D eigenvalue weighted by molar-refractivity contribution is -0.384. The summed E-state index contributed by atoms with van der Waals surface area (Å²) >= 11 is 1.56. The number of non-ortho nitro benzene ring substituents is 1. The van der Waals surface area contributed by atoms with E-state index in [1.165, 1.54) is 6.07 Å². The van der Waals surface area contributed by atoms with Gasteiger partial charge in [0, 0.05) is 28.4 Å². The van der Waals surface area contributed by atoms with Gasteiger partial charge in [0.25, 0.3) is 5.69 Å². The maximum absolute atomic E-state index is 10.6. The molecule has 0 unspecified atom stereocenters. The lowest BCUT2D eigenvalue weighted by Crippen LogP contribution is -1.91. The Morgan fingerprint density at radius 1 is 1.31 bits per heavy atom. The molecule has 0 bridgehead atoms. The fourth-order valence-electron chi connectivity index (χ4n) is 1.42. The molecule has 0 radical (unpaired) electrons. The highest BCUT2D eigenvalue weighted by atomic mass is 32.1. The van der Waals surface area contributed by atoms with Crippen molar-refractivity contribution in [3.05, 3.63) is 51.4 Å². The minimum atomic E-state index is -0.388. The summed E-state index contributed by atoms with van der Waals surface area (Å²) in [5, 5.41) is 10.6. The van der Waals surface area contributed by atoms with E-state index in [2.05, 4.69) is 0 Å². The highest BCUT2D eigenvalue weighted by Gasteiger charge is 2.08. The van der Waals surface area contributed by atoms with Crippen LogP contribution in [0.3, 0.4) is 0 Å². The van der Waals surface area contributed by atoms with E-state index < -0.39 is 0 Å². The van der Waals surface area contributed by atoms with Crippen LogP contribution in [0.1, 0.15) is 4.88 Å². The van der Waals surface area contributed by atoms with Crippen LogP contribution in [0, 0.1) is 10.1 Å². The topological polar surface area (TPSA) is 69.2 Å². The first-order valence-corrected chi connectivity index (χ1v) is 5.56. The monoisotopic (exact) mass is 234 g/mol. The van der Waals surface area contributed by atoms with Crippen molar-refractivity contribution < 1.29 is 4.92 Å². The summed E-state index contributed by atoms with van der Waals surface area (Å²) < 4.78 is 0. The maximum atomic E-state index is 10.6. The molecule has 1 aromatic carbocycles. The number of nitrogens with two attached hydrogens (primary N) is 1. The zero-order valence-corrected chi connectivity index (χ0v) is 9.24. The largest absolute Gasteiger partial charge is 0.326 e. The Hall–Kier alpha value is -1.72. The SMILES string of the molecule is NCc1ccc(-c2cccc([N+](=O)[O-])c2)s1. The van der Waals surface area contributed by atoms with Crippen molar-refractivity contribution >= 4 is 17.0 Å². The van der Waals surface area contributed by atoms with Gasteiger partial charge in [0.15, 0.2) is 0 Å². The molecule has 2 rings (SSSR count). The lowest BCUT2D eigenvalue weighted by atomic mass is 10.2. The molecule has 2 aromatic rings. The summed E-state index contributed by atoms with van der Waals surface area (Å²) in [6.45, 7) is 0.500. The van der Waals surface area contributed by atoms with E-state index in [0.29, 0.717) is 6.54 Å². The van der Waals surface area contributed by atoms with Gasteiger partial charge in [-0.05, 0) is 17.7 Å². The van der Waals surface area contributed by atoms with E-state index in [1.807, 2.05) is 18.2 Å². The van der Waals surface area contributed by atoms with Crippen molar-refractivity contribution in [2.45, 2.75) is 6.54 Å². The van der Waals surface area contributed by atoms with E-state index in [1.54, 1.807) is 23.5 Å². The fourth-order valence-corrected chi connectivity index (χ4v) is 2.30. The first-order chi connectivity index (χ1) is 7.70. The summed E-state index contributed by atoms with van der Waals surface area (Å²) in [5.74, 6) is 0. The second-order valence-corrected chi connectivity index (χ2v) is 4.45. The van der Waals surface area contributed by atoms with Gasteiger partial charge in [0.05, 0.1) is 4.92 Å². The predicted octanol–water partition coefficient (Wildman–Crippen LogP) is 2.78. The maximum Gasteiger partial charge on any atom is 0.270 e. The van der Waals surface area contributed by atoms with Gasteiger partial charge in [0.1, 0.15) is 0 Å². The molecule has 0 saturated carbocycles. The summed E-state index contributed by atoms with van der Waals surface area (Å²) in [6.07, 6.45) is 0. The molecule has 1 heterocycles. The van der Waals surface area contributed by atoms with Gasteiger partial charge in [-0.2, -0.15) is 0 Å². The Balaban J connectivity index is 2.40. The summed E-state index contributed by atoms with van der Waals surface area (Å²) in [4.78, 5) is 12.3. The fraction of sp³-hybridized carbons (Fsp3) is 0.0909. The quantitative estimate of drug-likeness (QED) is 0.655. The third-order valence-corrected chi connectivity index (χ3v) is 3.36. The standard InChI is InChI=1S/C11H10N2O2S/c12-7-10-4-5-11(16-10)8-2-1-3-9(6-8)13(14)15/h1-6H,7,12H2. The minimum absolute atomic E-state index is 0.111. The third-order valence-electron chi connectivity index (χ3n) is 2.20. The number of nitro benzene ring substituents is 1. The van der Waals surface area contributed by atoms with Crippen LogP contribution in [0.25, 0.3) is 10.4 Å². The summed E-state index contributed by atoms with van der Waals surface area (Å²) in [6, 6.07) is 10.5. The molecule has 4 nitrogen and oxygen atoms in total. The van der Waals surface area contributed by atoms with Crippen LogP contribution in [0.5, 0.6) is 0 Å². The predicted molar refractivity (Wildman–Crippen MR) is 64.3 cm³/mol. The Kier molecular flexibility index (Phi) is 2.98. The average molecular weight is 234 g/mol. The molecule has 0 aliphatic carbocycles. The van der Waals surface area contributed by atoms with Gasteiger partial charge >= 0.3 is 0 Å². The highest BCUT2D eigenvalue weighted by molar-refractivity contribution is 7.15. The molecular formula is C11H10N2O2S. The Bertz CT molecular complexity index is 522. The zero-order valence-electron chi connectivity index (χ0n) is 8.42. The third kappa shape index (κ3) is 2.10. The van der Waals surface area contributed by atoms with Crippen molar-refractivity contribution in [3.63, 3.8) is 0 Å². The van der Waals surface area contributed by atoms with E-state index >= 15 is 0 Å². The van der Waals surface area contributed by atoms with Gasteiger partial charge in [0.2, 0.25) is 0 Å². The van der Waals surface area contributed by atoms with Gasteiger partial charge < -0.3 is 5.73 Å². The summed E-state index contributed by atoms with van der Waals surface area (Å²) in [7, 11) is 0. The second-order valence-electron chi connectivity index (χ2n) is 3.28. The first-order valence-electron chi connectivity index (χ1n) is 4.74. The normalized spacial score (nSPS) is 10.3. The van der Waals surface area contributed by atoms with E-state index in [9.17, 15) is 10.1 Å². The first kappa shape index (κ1) is 10.8. The molecule has 0 spiro atoms. The molecule has 0 aliphatic heterocycles. The van der Waals surface area contributed by atoms with Crippen LogP contribution in [0.2, 0.25) is 0 Å². The van der Waals surface area contributed by atoms with Crippen LogP contribution in [-0.4, -0.2) is 4.92 Å². The van der Waals surface area contributed by atoms with E-state index in [-0.39, 0.29) is 10.6 Å². The van der Waals surface area contributed by atoms with Gasteiger partial charge in [-0.15, -0.1) is 11.3 Å². The van der Waals surface area contributed by atoms with E-state index in [0.717, 1.165) is 15.3 Å². The second kappa shape index (κ2) is 4.42. The number of hydrogen-bond acceptors (Lipinski definition) is 4. The van der Waals surface area contributed by atoms with Crippen LogP contribution in [0.4, 0.5) is 5.69 Å². The van der Waals surface area contributed by atoms with Gasteiger partial charge in [-0.3, -0.25) is 10.1 Å². The zero-order chi connectivity index (χ0) is 11.5. The molecule has 0 saturated heterocycles. The molecule has 5 heteroatoms. The van der Waals surface area contributed by atoms with Crippen molar-refractivity contribution in [2.24, 2.45) is 5.73 Å². The van der Waals surface area contributed by atoms with Crippen molar-refractivity contribution in [1.29, 1.82) is 0 Å². The van der Waals surface area contributed by atoms with Gasteiger partial charge in [-0.1, -0.05) is 12.1 Å². The van der Waals surface area contributed by atoms with E-state index in [4.69, 9.17) is 5.73 Å². The Morgan fingerprint density at radius 3 is 2.75 bits per heavy atom. The lowest BCUT2D eigenvalue weighted by Gasteiger charge is -1.97. The molecule has 82 valence electrons. The number of nitro groups is 1. The Morgan fingerprint density at radius 2 is 2.12 bits per heavy atom. The molecule has 0 amide bonds. The number of hydrogen-bond donors (Lipinski definition) is 1. The van der Waals surface area contributed by atoms with Crippen LogP contribution >= 0.6 is 11.3 Å². The molecule has 1 aromatic heterocycles. The van der Waals surface area contributed by atoms with Gasteiger partial charge in [-0.25, -0.2) is 0 Å². The molecular weight excluding hydrogens is 224 g/mol. The molecule has 0 atom stereocenters. The molecule has 2 N–H and O–H groups in total.